The van der Waals surface area contributed by atoms with Crippen molar-refractivity contribution in [3.05, 3.63) is 53.1 Å². The van der Waals surface area contributed by atoms with Crippen molar-refractivity contribution >= 4 is 11.9 Å². The van der Waals surface area contributed by atoms with Gasteiger partial charge in [0.25, 0.3) is 0 Å². The molecule has 2 aromatic rings. The van der Waals surface area contributed by atoms with E-state index in [9.17, 15) is 4.79 Å². The Labute approximate surface area is 147 Å². The zero-order valence-electron chi connectivity index (χ0n) is 15.1. The Kier molecular flexibility index (Phi) is 6.06. The number of aryl methyl sites for hydroxylation is 1. The molecule has 2 aromatic carbocycles. The largest absolute Gasteiger partial charge is 0.497 e. The lowest BCUT2D eigenvalue weighted by molar-refractivity contribution is 0.104. The van der Waals surface area contributed by atoms with E-state index in [4.69, 9.17) is 18.9 Å². The van der Waals surface area contributed by atoms with Gasteiger partial charge in [-0.2, -0.15) is 0 Å². The molecule has 0 aliphatic heterocycles. The number of hydrogen-bond donors (Lipinski definition) is 0. The maximum Gasteiger partial charge on any atom is 0.189 e. The molecule has 0 amide bonds. The molecule has 0 aliphatic rings. The predicted molar refractivity (Wildman–Crippen MR) is 97.2 cm³/mol. The number of methoxy groups -OCH3 is 4. The summed E-state index contributed by atoms with van der Waals surface area (Å²) in [6.07, 6.45) is 3.17. The van der Waals surface area contributed by atoms with Crippen molar-refractivity contribution in [2.24, 2.45) is 0 Å². The maximum atomic E-state index is 12.6. The number of carbonyl (C=O) groups excluding carboxylic acids is 1. The second-order valence-electron chi connectivity index (χ2n) is 5.33. The van der Waals surface area contributed by atoms with Gasteiger partial charge in [0.2, 0.25) is 0 Å². The van der Waals surface area contributed by atoms with Crippen LogP contribution in [0.4, 0.5) is 0 Å². The Hall–Kier alpha value is -2.95. The lowest BCUT2D eigenvalue weighted by Crippen LogP contribution is -2.01. The van der Waals surface area contributed by atoms with E-state index in [-0.39, 0.29) is 5.78 Å². The molecular formula is C20H22O5. The topological polar surface area (TPSA) is 54.0 Å². The number of benzene rings is 2. The average Bonchev–Trinajstić information content (AvgIpc) is 2.65. The molecule has 0 saturated carbocycles. The van der Waals surface area contributed by atoms with Gasteiger partial charge < -0.3 is 18.9 Å². The molecule has 0 bridgehead atoms. The SMILES string of the molecule is COc1ccc(OC)c(/C=C\C(=O)c2cc(OC)c(C)cc2OC)c1. The van der Waals surface area contributed by atoms with E-state index in [1.54, 1.807) is 57.7 Å². The molecule has 5 heteroatoms. The fourth-order valence-corrected chi connectivity index (χ4v) is 2.47. The van der Waals surface area contributed by atoms with Gasteiger partial charge in [0.15, 0.2) is 5.78 Å². The van der Waals surface area contributed by atoms with E-state index in [0.29, 0.717) is 28.6 Å². The Morgan fingerprint density at radius 3 is 2.12 bits per heavy atom. The fourth-order valence-electron chi connectivity index (χ4n) is 2.47. The summed E-state index contributed by atoms with van der Waals surface area (Å²) in [6.45, 7) is 1.90. The maximum absolute atomic E-state index is 12.6. The molecule has 0 saturated heterocycles. The zero-order chi connectivity index (χ0) is 18.4. The highest BCUT2D eigenvalue weighted by molar-refractivity contribution is 6.09. The van der Waals surface area contributed by atoms with Gasteiger partial charge in [-0.1, -0.05) is 0 Å². The Morgan fingerprint density at radius 2 is 1.52 bits per heavy atom. The van der Waals surface area contributed by atoms with Crippen molar-refractivity contribution in [3.8, 4) is 23.0 Å². The van der Waals surface area contributed by atoms with Crippen molar-refractivity contribution in [1.29, 1.82) is 0 Å². The normalized spacial score (nSPS) is 10.6. The third-order valence-corrected chi connectivity index (χ3v) is 3.83. The molecule has 0 aliphatic carbocycles. The summed E-state index contributed by atoms with van der Waals surface area (Å²) >= 11 is 0. The van der Waals surface area contributed by atoms with Crippen molar-refractivity contribution in [3.63, 3.8) is 0 Å². The minimum absolute atomic E-state index is 0.194. The first-order valence-corrected chi connectivity index (χ1v) is 7.71. The van der Waals surface area contributed by atoms with Crippen LogP contribution < -0.4 is 18.9 Å². The zero-order valence-corrected chi connectivity index (χ0v) is 15.1. The summed E-state index contributed by atoms with van der Waals surface area (Å²) in [5.74, 6) is 2.28. The van der Waals surface area contributed by atoms with Crippen molar-refractivity contribution in [2.75, 3.05) is 28.4 Å². The summed E-state index contributed by atoms with van der Waals surface area (Å²) < 4.78 is 21.2. The summed E-state index contributed by atoms with van der Waals surface area (Å²) in [5, 5.41) is 0. The number of allylic oxidation sites excluding steroid dienone is 1. The third-order valence-electron chi connectivity index (χ3n) is 3.83. The standard InChI is InChI=1S/C20H22O5/c1-13-10-20(25-5)16(12-19(13)24-4)17(21)8-6-14-11-15(22-2)7-9-18(14)23-3/h6-12H,1-5H3/b8-6-. The Balaban J connectivity index is 2.38. The van der Waals surface area contributed by atoms with E-state index in [1.807, 2.05) is 6.92 Å². The third kappa shape index (κ3) is 4.12. The van der Waals surface area contributed by atoms with Crippen molar-refractivity contribution in [2.45, 2.75) is 6.92 Å². The van der Waals surface area contributed by atoms with Crippen molar-refractivity contribution in [1.82, 2.24) is 0 Å². The second kappa shape index (κ2) is 8.24. The van der Waals surface area contributed by atoms with Gasteiger partial charge in [0.1, 0.15) is 23.0 Å². The van der Waals surface area contributed by atoms with Gasteiger partial charge >= 0.3 is 0 Å². The molecule has 25 heavy (non-hydrogen) atoms. The Morgan fingerprint density at radius 1 is 0.840 bits per heavy atom. The molecule has 0 aromatic heterocycles. The highest BCUT2D eigenvalue weighted by atomic mass is 16.5. The average molecular weight is 342 g/mol. The van der Waals surface area contributed by atoms with Crippen LogP contribution >= 0.6 is 0 Å². The number of hydrogen-bond acceptors (Lipinski definition) is 5. The van der Waals surface area contributed by atoms with Gasteiger partial charge in [0.05, 0.1) is 34.0 Å². The van der Waals surface area contributed by atoms with Crippen LogP contribution in [0.15, 0.2) is 36.4 Å². The monoisotopic (exact) mass is 342 g/mol. The molecular weight excluding hydrogens is 320 g/mol. The van der Waals surface area contributed by atoms with Crippen LogP contribution in [0.1, 0.15) is 21.5 Å². The number of rotatable bonds is 7. The van der Waals surface area contributed by atoms with Gasteiger partial charge in [-0.15, -0.1) is 0 Å². The lowest BCUT2D eigenvalue weighted by atomic mass is 10.0. The van der Waals surface area contributed by atoms with E-state index >= 15 is 0 Å². The van der Waals surface area contributed by atoms with Crippen LogP contribution in [0.2, 0.25) is 0 Å². The van der Waals surface area contributed by atoms with E-state index < -0.39 is 0 Å². The summed E-state index contributed by atoms with van der Waals surface area (Å²) in [4.78, 5) is 12.6. The molecule has 0 heterocycles. The van der Waals surface area contributed by atoms with Gasteiger partial charge in [-0.05, 0) is 55.0 Å². The fraction of sp³-hybridized carbons (Fsp3) is 0.250. The number of carbonyl (C=O) groups is 1. The molecule has 2 rings (SSSR count). The first-order chi connectivity index (χ1) is 12.0. The van der Waals surface area contributed by atoms with E-state index in [2.05, 4.69) is 0 Å². The smallest absolute Gasteiger partial charge is 0.189 e. The predicted octanol–water partition coefficient (Wildman–Crippen LogP) is 3.93. The summed E-state index contributed by atoms with van der Waals surface area (Å²) in [7, 11) is 6.27. The second-order valence-corrected chi connectivity index (χ2v) is 5.33. The van der Waals surface area contributed by atoms with Crippen LogP contribution in [-0.4, -0.2) is 34.2 Å². The number of ether oxygens (including phenoxy) is 4. The minimum atomic E-state index is -0.194. The summed E-state index contributed by atoms with van der Waals surface area (Å²) in [5.41, 5.74) is 2.07. The minimum Gasteiger partial charge on any atom is -0.497 e. The molecule has 0 fully saturated rings. The Bertz CT molecular complexity index is 793. The van der Waals surface area contributed by atoms with Gasteiger partial charge in [-0.25, -0.2) is 0 Å². The van der Waals surface area contributed by atoms with Crippen LogP contribution in [0.25, 0.3) is 6.08 Å². The quantitative estimate of drug-likeness (QED) is 0.564. The molecule has 0 spiro atoms. The van der Waals surface area contributed by atoms with Crippen LogP contribution in [-0.2, 0) is 0 Å². The van der Waals surface area contributed by atoms with E-state index in [0.717, 1.165) is 11.1 Å². The highest BCUT2D eigenvalue weighted by Gasteiger charge is 2.14. The highest BCUT2D eigenvalue weighted by Crippen LogP contribution is 2.30. The van der Waals surface area contributed by atoms with Gasteiger partial charge in [-0.3, -0.25) is 4.79 Å². The summed E-state index contributed by atoms with van der Waals surface area (Å²) in [6, 6.07) is 8.86. The molecule has 0 atom stereocenters. The molecule has 132 valence electrons. The first-order valence-electron chi connectivity index (χ1n) is 7.71. The van der Waals surface area contributed by atoms with Crippen molar-refractivity contribution < 1.29 is 23.7 Å². The van der Waals surface area contributed by atoms with Crippen LogP contribution in [0.5, 0.6) is 23.0 Å². The molecule has 0 N–H and O–H groups in total. The van der Waals surface area contributed by atoms with E-state index in [1.165, 1.54) is 13.2 Å². The van der Waals surface area contributed by atoms with Crippen LogP contribution in [0, 0.1) is 6.92 Å². The van der Waals surface area contributed by atoms with Crippen LogP contribution in [0.3, 0.4) is 0 Å². The molecule has 0 radical (unpaired) electrons. The lowest BCUT2D eigenvalue weighted by Gasteiger charge is -2.11. The molecule has 5 nitrogen and oxygen atoms in total. The molecule has 0 unspecified atom stereocenters. The van der Waals surface area contributed by atoms with Gasteiger partial charge in [0, 0.05) is 5.56 Å². The first kappa shape index (κ1) is 18.4. The number of ketones is 1.